The molecule has 2 aromatic rings. The average molecular weight is 386 g/mol. The van der Waals surface area contributed by atoms with Gasteiger partial charge in [0.25, 0.3) is 11.6 Å². The first-order chi connectivity index (χ1) is 13.0. The van der Waals surface area contributed by atoms with Crippen LogP contribution in [0.5, 0.6) is 0 Å². The van der Waals surface area contributed by atoms with E-state index in [2.05, 4.69) is 4.90 Å². The van der Waals surface area contributed by atoms with Gasteiger partial charge in [0.2, 0.25) is 0 Å². The highest BCUT2D eigenvalue weighted by atomic mass is 35.5. The molecule has 1 aliphatic heterocycles. The number of rotatable bonds is 4. The Morgan fingerprint density at radius 1 is 1.11 bits per heavy atom. The summed E-state index contributed by atoms with van der Waals surface area (Å²) in [6, 6.07) is 14.5. The Hall–Kier alpha value is -2.44. The zero-order valence-electron chi connectivity index (χ0n) is 14.8. The Morgan fingerprint density at radius 2 is 1.85 bits per heavy atom. The lowest BCUT2D eigenvalue weighted by atomic mass is 10.0. The monoisotopic (exact) mass is 385 g/mol. The molecule has 7 heteroatoms. The van der Waals surface area contributed by atoms with Gasteiger partial charge < -0.3 is 4.90 Å². The number of piperazine rings is 1. The van der Waals surface area contributed by atoms with Gasteiger partial charge in [-0.3, -0.25) is 19.8 Å². The molecule has 0 bridgehead atoms. The molecule has 1 amide bonds. The summed E-state index contributed by atoms with van der Waals surface area (Å²) in [7, 11) is 0. The van der Waals surface area contributed by atoms with Crippen LogP contribution in [0.1, 0.15) is 34.8 Å². The van der Waals surface area contributed by atoms with Gasteiger partial charge in [0.1, 0.15) is 5.56 Å². The minimum absolute atomic E-state index is 0.0494. The van der Waals surface area contributed by atoms with Gasteiger partial charge in [-0.25, -0.2) is 0 Å². The number of hydrogen-bond donors (Lipinski definition) is 0. The van der Waals surface area contributed by atoms with Crippen LogP contribution in [0.25, 0.3) is 0 Å². The average Bonchev–Trinajstić information content (AvgIpc) is 3.52. The van der Waals surface area contributed by atoms with Gasteiger partial charge in [0.15, 0.2) is 0 Å². The maximum absolute atomic E-state index is 13.3. The van der Waals surface area contributed by atoms with Crippen molar-refractivity contribution >= 4 is 23.2 Å². The van der Waals surface area contributed by atoms with Crippen molar-refractivity contribution in [1.82, 2.24) is 9.80 Å². The number of amides is 1. The number of benzene rings is 2. The second kappa shape index (κ2) is 7.29. The third kappa shape index (κ3) is 3.68. The molecule has 1 heterocycles. The number of nitro groups is 1. The molecular weight excluding hydrogens is 366 g/mol. The van der Waals surface area contributed by atoms with E-state index >= 15 is 0 Å². The number of hydrogen-bond acceptors (Lipinski definition) is 4. The largest absolute Gasteiger partial charge is 0.329 e. The van der Waals surface area contributed by atoms with Gasteiger partial charge in [0.05, 0.1) is 11.0 Å². The highest BCUT2D eigenvalue weighted by Crippen LogP contribution is 2.35. The van der Waals surface area contributed by atoms with Crippen LogP contribution in [-0.4, -0.2) is 46.3 Å². The maximum atomic E-state index is 13.3. The minimum atomic E-state index is -0.526. The molecule has 2 fully saturated rings. The second-order valence-corrected chi connectivity index (χ2v) is 7.51. The van der Waals surface area contributed by atoms with E-state index < -0.39 is 4.92 Å². The minimum Gasteiger partial charge on any atom is -0.329 e. The number of nitrogens with zero attached hydrogens (tertiary/aromatic N) is 3. The quantitative estimate of drug-likeness (QED) is 0.591. The summed E-state index contributed by atoms with van der Waals surface area (Å²) < 4.78 is 0. The molecule has 1 saturated heterocycles. The molecule has 4 rings (SSSR count). The molecule has 1 unspecified atom stereocenters. The summed E-state index contributed by atoms with van der Waals surface area (Å²) in [6.07, 6.45) is 2.41. The van der Waals surface area contributed by atoms with Gasteiger partial charge in [0, 0.05) is 36.8 Å². The number of nitro benzene ring substituents is 1. The third-order valence-corrected chi connectivity index (χ3v) is 5.54. The first-order valence-corrected chi connectivity index (χ1v) is 9.46. The van der Waals surface area contributed by atoms with E-state index in [1.165, 1.54) is 31.0 Å². The van der Waals surface area contributed by atoms with E-state index in [0.717, 1.165) is 18.7 Å². The van der Waals surface area contributed by atoms with Crippen molar-refractivity contribution in [3.63, 3.8) is 0 Å². The molecular formula is C20H20ClN3O3. The van der Waals surface area contributed by atoms with Crippen LogP contribution >= 0.6 is 11.6 Å². The molecule has 1 aliphatic carbocycles. The smallest absolute Gasteiger partial charge is 0.282 e. The van der Waals surface area contributed by atoms with Crippen molar-refractivity contribution in [1.29, 1.82) is 0 Å². The zero-order valence-corrected chi connectivity index (χ0v) is 15.5. The molecule has 6 nitrogen and oxygen atoms in total. The van der Waals surface area contributed by atoms with Crippen LogP contribution in [0.15, 0.2) is 48.5 Å². The predicted octanol–water partition coefficient (Wildman–Crippen LogP) is 3.91. The highest BCUT2D eigenvalue weighted by Gasteiger charge is 2.39. The molecule has 140 valence electrons. The Labute approximate surface area is 162 Å². The number of halogens is 1. The van der Waals surface area contributed by atoms with Crippen LogP contribution in [0, 0.1) is 10.1 Å². The van der Waals surface area contributed by atoms with Crippen LogP contribution < -0.4 is 0 Å². The Balaban J connectivity index is 1.69. The highest BCUT2D eigenvalue weighted by molar-refractivity contribution is 6.31. The summed E-state index contributed by atoms with van der Waals surface area (Å²) in [6.45, 7) is 2.07. The van der Waals surface area contributed by atoms with Crippen LogP contribution in [0.4, 0.5) is 5.69 Å². The molecule has 2 aromatic carbocycles. The summed E-state index contributed by atoms with van der Waals surface area (Å²) in [5, 5.41) is 11.7. The summed E-state index contributed by atoms with van der Waals surface area (Å²) in [4.78, 5) is 28.4. The Kier molecular flexibility index (Phi) is 4.85. The van der Waals surface area contributed by atoms with Gasteiger partial charge in [-0.05, 0) is 30.5 Å². The summed E-state index contributed by atoms with van der Waals surface area (Å²) >= 11 is 6.03. The van der Waals surface area contributed by atoms with Gasteiger partial charge >= 0.3 is 0 Å². The van der Waals surface area contributed by atoms with E-state index in [9.17, 15) is 14.9 Å². The lowest BCUT2D eigenvalue weighted by Gasteiger charge is -2.42. The standard InChI is InChI=1S/C20H20ClN3O3/c21-15-6-9-18(24(26)27)17(12-15)20(25)23-11-10-22(16-7-8-16)13-19(23)14-4-2-1-3-5-14/h1-6,9,12,16,19H,7-8,10-11,13H2. The molecule has 0 radical (unpaired) electrons. The van der Waals surface area contributed by atoms with Crippen molar-refractivity contribution in [2.24, 2.45) is 0 Å². The Bertz CT molecular complexity index is 870. The SMILES string of the molecule is O=C(c1cc(Cl)ccc1[N+](=O)[O-])N1CCN(C2CC2)CC1c1ccccc1. The van der Waals surface area contributed by atoms with E-state index in [1.807, 2.05) is 30.3 Å². The lowest BCUT2D eigenvalue weighted by Crippen LogP contribution is -2.51. The van der Waals surface area contributed by atoms with Crippen molar-refractivity contribution in [3.05, 3.63) is 74.8 Å². The fourth-order valence-electron chi connectivity index (χ4n) is 3.77. The number of carbonyl (C=O) groups excluding carboxylic acids is 1. The van der Waals surface area contributed by atoms with Gasteiger partial charge in [-0.1, -0.05) is 41.9 Å². The molecule has 1 saturated carbocycles. The summed E-state index contributed by atoms with van der Waals surface area (Å²) in [5.41, 5.74) is 0.884. The van der Waals surface area contributed by atoms with Crippen molar-refractivity contribution < 1.29 is 9.72 Å². The van der Waals surface area contributed by atoms with Crippen molar-refractivity contribution in [3.8, 4) is 0 Å². The normalized spacial score (nSPS) is 20.5. The first kappa shape index (κ1) is 17.9. The second-order valence-electron chi connectivity index (χ2n) is 7.07. The predicted molar refractivity (Wildman–Crippen MR) is 103 cm³/mol. The van der Waals surface area contributed by atoms with Gasteiger partial charge in [-0.2, -0.15) is 0 Å². The molecule has 0 aromatic heterocycles. The van der Waals surface area contributed by atoms with Crippen molar-refractivity contribution in [2.45, 2.75) is 24.9 Å². The van der Waals surface area contributed by atoms with Crippen LogP contribution in [-0.2, 0) is 0 Å². The lowest BCUT2D eigenvalue weighted by molar-refractivity contribution is -0.385. The van der Waals surface area contributed by atoms with E-state index in [0.29, 0.717) is 17.6 Å². The van der Waals surface area contributed by atoms with E-state index in [-0.39, 0.29) is 23.2 Å². The van der Waals surface area contributed by atoms with Gasteiger partial charge in [-0.15, -0.1) is 0 Å². The molecule has 1 atom stereocenters. The van der Waals surface area contributed by atoms with E-state index in [1.54, 1.807) is 4.90 Å². The number of carbonyl (C=O) groups is 1. The maximum Gasteiger partial charge on any atom is 0.282 e. The van der Waals surface area contributed by atoms with Crippen LogP contribution in [0.3, 0.4) is 0 Å². The molecule has 0 spiro atoms. The zero-order chi connectivity index (χ0) is 19.0. The fourth-order valence-corrected chi connectivity index (χ4v) is 3.94. The third-order valence-electron chi connectivity index (χ3n) is 5.31. The van der Waals surface area contributed by atoms with E-state index in [4.69, 9.17) is 11.6 Å². The van der Waals surface area contributed by atoms with Crippen molar-refractivity contribution in [2.75, 3.05) is 19.6 Å². The van der Waals surface area contributed by atoms with Crippen LogP contribution in [0.2, 0.25) is 5.02 Å². The molecule has 27 heavy (non-hydrogen) atoms. The molecule has 2 aliphatic rings. The fraction of sp³-hybridized carbons (Fsp3) is 0.350. The molecule has 0 N–H and O–H groups in total. The Morgan fingerprint density at radius 3 is 2.52 bits per heavy atom. The first-order valence-electron chi connectivity index (χ1n) is 9.08. The topological polar surface area (TPSA) is 66.7 Å². The summed E-state index contributed by atoms with van der Waals surface area (Å²) in [5.74, 6) is -0.339.